The molecule has 1 amide bonds. The monoisotopic (exact) mass is 386 g/mol. The van der Waals surface area contributed by atoms with Gasteiger partial charge in [0.15, 0.2) is 0 Å². The van der Waals surface area contributed by atoms with Crippen molar-refractivity contribution in [3.05, 3.63) is 49.4 Å². The third kappa shape index (κ3) is 3.50. The lowest BCUT2D eigenvalue weighted by Gasteiger charge is -2.09. The van der Waals surface area contributed by atoms with Crippen molar-refractivity contribution in [1.82, 2.24) is 20.6 Å². The van der Waals surface area contributed by atoms with Crippen molar-refractivity contribution in [2.45, 2.75) is 0 Å². The quantitative estimate of drug-likeness (QED) is 0.219. The number of hydrogen-bond donors (Lipinski definition) is 6. The van der Waals surface area contributed by atoms with Crippen LogP contribution in [0.25, 0.3) is 28.3 Å². The second-order valence-corrected chi connectivity index (χ2v) is 5.96. The lowest BCUT2D eigenvalue weighted by molar-refractivity contribution is 0.0955. The third-order valence-corrected chi connectivity index (χ3v) is 4.15. The number of amides is 1. The Balaban J connectivity index is 2.12. The van der Waals surface area contributed by atoms with E-state index in [4.69, 9.17) is 5.11 Å². The van der Waals surface area contributed by atoms with Crippen LogP contribution in [0.15, 0.2) is 27.8 Å². The molecule has 1 heterocycles. The first-order valence-electron chi connectivity index (χ1n) is 8.44. The van der Waals surface area contributed by atoms with Crippen LogP contribution >= 0.6 is 0 Å². The second-order valence-electron chi connectivity index (χ2n) is 5.96. The number of aromatic hydroxyl groups is 1. The lowest BCUT2D eigenvalue weighted by atomic mass is 10.1. The zero-order valence-electron chi connectivity index (χ0n) is 14.7. The minimum Gasteiger partial charge on any atom is -0.515 e. The first-order valence-corrected chi connectivity index (χ1v) is 8.44. The molecule has 28 heavy (non-hydrogen) atoms. The third-order valence-electron chi connectivity index (χ3n) is 4.15. The number of benzene rings is 2. The Morgan fingerprint density at radius 2 is 1.89 bits per heavy atom. The summed E-state index contributed by atoms with van der Waals surface area (Å²) in [6, 6.07) is 3.41. The number of carbonyl (C=O) groups is 1. The van der Waals surface area contributed by atoms with Gasteiger partial charge < -0.3 is 30.9 Å². The Hall–Kier alpha value is -3.50. The minimum absolute atomic E-state index is 0.0163. The van der Waals surface area contributed by atoms with Crippen molar-refractivity contribution < 1.29 is 20.1 Å². The van der Waals surface area contributed by atoms with Gasteiger partial charge in [-0.3, -0.25) is 14.4 Å². The Morgan fingerprint density at radius 3 is 2.61 bits per heavy atom. The Morgan fingerprint density at radius 1 is 1.11 bits per heavy atom. The van der Waals surface area contributed by atoms with Crippen molar-refractivity contribution in [3.8, 4) is 5.75 Å². The number of nitrogens with one attached hydrogen (secondary N) is 3. The molecule has 1 aromatic heterocycles. The van der Waals surface area contributed by atoms with Crippen LogP contribution in [0, 0.1) is 0 Å². The lowest BCUT2D eigenvalue weighted by Crippen LogP contribution is -2.33. The molecule has 10 heteroatoms. The largest absolute Gasteiger partial charge is 0.515 e. The predicted molar refractivity (Wildman–Crippen MR) is 102 cm³/mol. The summed E-state index contributed by atoms with van der Waals surface area (Å²) in [5.74, 6) is -0.953. The molecule has 0 unspecified atom stereocenters. The minimum atomic E-state index is -0.608. The molecule has 0 radical (unpaired) electrons. The van der Waals surface area contributed by atoms with Crippen molar-refractivity contribution in [3.63, 3.8) is 0 Å². The molecule has 0 aliphatic heterocycles. The summed E-state index contributed by atoms with van der Waals surface area (Å²) in [7, 11) is 0. The molecule has 0 saturated heterocycles. The van der Waals surface area contributed by atoms with Crippen LogP contribution in [0.2, 0.25) is 0 Å². The van der Waals surface area contributed by atoms with Crippen molar-refractivity contribution in [1.29, 1.82) is 0 Å². The maximum atomic E-state index is 12.5. The van der Waals surface area contributed by atoms with Crippen LogP contribution in [0.1, 0.15) is 10.4 Å². The Kier molecular flexibility index (Phi) is 5.52. The number of nitrogens with zero attached hydrogens (tertiary/aromatic N) is 1. The summed E-state index contributed by atoms with van der Waals surface area (Å²) in [5, 5.41) is 33.3. The van der Waals surface area contributed by atoms with Crippen LogP contribution in [-0.2, 0) is 0 Å². The number of phenolic OH excluding ortho intramolecular Hbond substituents is 1. The van der Waals surface area contributed by atoms with Crippen molar-refractivity contribution >= 4 is 34.2 Å². The van der Waals surface area contributed by atoms with E-state index in [0.29, 0.717) is 19.4 Å². The number of aromatic amines is 1. The molecule has 0 saturated carbocycles. The number of phenols is 1. The van der Waals surface area contributed by atoms with E-state index >= 15 is 0 Å². The number of fused-ring (bicyclic) bond motifs is 2. The van der Waals surface area contributed by atoms with Crippen LogP contribution in [0.3, 0.4) is 0 Å². The summed E-state index contributed by atoms with van der Waals surface area (Å²) in [6.07, 6.45) is 0.587. The first kappa shape index (κ1) is 19.3. The molecule has 0 spiro atoms. The van der Waals surface area contributed by atoms with Gasteiger partial charge in [-0.15, -0.1) is 0 Å². The molecule has 0 aliphatic rings. The number of aliphatic hydroxyl groups excluding tert-OH is 2. The Bertz CT molecular complexity index is 1220. The molecule has 10 nitrogen and oxygen atoms in total. The highest BCUT2D eigenvalue weighted by Crippen LogP contribution is 2.15. The van der Waals surface area contributed by atoms with Gasteiger partial charge in [0.1, 0.15) is 22.3 Å². The molecule has 146 valence electrons. The number of rotatable bonds is 6. The highest BCUT2D eigenvalue weighted by Gasteiger charge is 2.16. The van der Waals surface area contributed by atoms with Gasteiger partial charge in [0.25, 0.3) is 5.91 Å². The Labute approximate surface area is 157 Å². The standard InChI is InChI=1S/C18H18N4O6/c23-6-5-19-3-4-20-18(28)9-1-2-11(25)16-14(9)21-17-13(27)7-12(26)10(8-24)15(17)22-16/h1-2,7-8,19,21,23-24,26H,3-6H2,(H,20,28). The fraction of sp³-hybridized carbons (Fsp3) is 0.222. The van der Waals surface area contributed by atoms with E-state index in [2.05, 4.69) is 20.6 Å². The highest BCUT2D eigenvalue weighted by molar-refractivity contribution is 6.06. The molecule has 3 rings (SSSR count). The molecule has 0 fully saturated rings. The SMILES string of the molecule is O=C(NCCNCCO)c1ccc(=O)c2nc3c(=CO)c(O)cc(=O)c3[nH]c12. The van der Waals surface area contributed by atoms with Crippen LogP contribution in [0.4, 0.5) is 0 Å². The van der Waals surface area contributed by atoms with E-state index in [1.165, 1.54) is 12.1 Å². The zero-order valence-corrected chi connectivity index (χ0v) is 14.7. The van der Waals surface area contributed by atoms with E-state index in [9.17, 15) is 24.6 Å². The fourth-order valence-electron chi connectivity index (χ4n) is 2.81. The molecule has 0 aliphatic carbocycles. The van der Waals surface area contributed by atoms with Gasteiger partial charge >= 0.3 is 0 Å². The highest BCUT2D eigenvalue weighted by atomic mass is 16.3. The summed E-state index contributed by atoms with van der Waals surface area (Å²) in [5.41, 5.74) is -1.15. The van der Waals surface area contributed by atoms with Crippen LogP contribution in [-0.4, -0.2) is 57.4 Å². The topological polar surface area (TPSA) is 165 Å². The summed E-state index contributed by atoms with van der Waals surface area (Å²) in [6.45, 7) is 1.10. The van der Waals surface area contributed by atoms with E-state index in [1.807, 2.05) is 0 Å². The molecule has 6 N–H and O–H groups in total. The van der Waals surface area contributed by atoms with E-state index in [-0.39, 0.29) is 46.0 Å². The maximum absolute atomic E-state index is 12.5. The van der Waals surface area contributed by atoms with Crippen molar-refractivity contribution in [2.24, 2.45) is 0 Å². The van der Waals surface area contributed by atoms with Crippen LogP contribution in [0.5, 0.6) is 5.75 Å². The van der Waals surface area contributed by atoms with Gasteiger partial charge in [-0.05, 0) is 12.1 Å². The molecule has 2 aromatic carbocycles. The van der Waals surface area contributed by atoms with Crippen molar-refractivity contribution in [2.75, 3.05) is 26.2 Å². The smallest absolute Gasteiger partial charge is 0.253 e. The number of H-pyrrole nitrogens is 1. The molecule has 0 bridgehead atoms. The molecule has 3 aromatic rings. The number of carbonyl (C=O) groups excluding carboxylic acids is 1. The van der Waals surface area contributed by atoms with Gasteiger partial charge in [-0.25, -0.2) is 4.98 Å². The van der Waals surface area contributed by atoms with E-state index in [1.54, 1.807) is 0 Å². The van der Waals surface area contributed by atoms with Gasteiger partial charge in [0, 0.05) is 25.7 Å². The second kappa shape index (κ2) is 8.03. The van der Waals surface area contributed by atoms with Gasteiger partial charge in [-0.1, -0.05) is 0 Å². The van der Waals surface area contributed by atoms with E-state index < -0.39 is 22.5 Å². The predicted octanol–water partition coefficient (Wildman–Crippen LogP) is -1.53. The van der Waals surface area contributed by atoms with E-state index in [0.717, 1.165) is 6.07 Å². The average Bonchev–Trinajstić information content (AvgIpc) is 2.67. The van der Waals surface area contributed by atoms with Gasteiger partial charge in [0.2, 0.25) is 10.9 Å². The molecule has 0 atom stereocenters. The number of aromatic nitrogens is 2. The summed E-state index contributed by atoms with van der Waals surface area (Å²) < 4.78 is 0. The maximum Gasteiger partial charge on any atom is 0.253 e. The first-order chi connectivity index (χ1) is 13.5. The zero-order chi connectivity index (χ0) is 20.3. The van der Waals surface area contributed by atoms with Gasteiger partial charge in [0.05, 0.1) is 29.2 Å². The average molecular weight is 386 g/mol. The molecular formula is C18H18N4O6. The number of aliphatic hydroxyl groups is 2. The normalized spacial score (nSPS) is 12.0. The summed E-state index contributed by atoms with van der Waals surface area (Å²) in [4.78, 5) is 43.8. The number of hydrogen-bond acceptors (Lipinski definition) is 8. The van der Waals surface area contributed by atoms with Crippen LogP contribution < -0.4 is 26.7 Å². The fourth-order valence-corrected chi connectivity index (χ4v) is 2.81. The molecular weight excluding hydrogens is 368 g/mol. The van der Waals surface area contributed by atoms with Gasteiger partial charge in [-0.2, -0.15) is 0 Å². The summed E-state index contributed by atoms with van der Waals surface area (Å²) >= 11 is 0.